The third kappa shape index (κ3) is 12.4. The Hall–Kier alpha value is -2.66. The van der Waals surface area contributed by atoms with Gasteiger partial charge < -0.3 is 14.8 Å². The van der Waals surface area contributed by atoms with Crippen molar-refractivity contribution in [3.05, 3.63) is 59.9 Å². The van der Waals surface area contributed by atoms with Gasteiger partial charge in [0.1, 0.15) is 5.82 Å². The molecule has 3 rings (SSSR count). The fourth-order valence-corrected chi connectivity index (χ4v) is 5.69. The van der Waals surface area contributed by atoms with E-state index in [2.05, 4.69) is 41.9 Å². The number of unbranched alkanes of at least 4 members (excludes halogenated alkanes) is 14. The van der Waals surface area contributed by atoms with Crippen LogP contribution in [-0.4, -0.2) is 41.0 Å². The first-order valence-electron chi connectivity index (χ1n) is 16.6. The first-order chi connectivity index (χ1) is 20.1. The molecule has 1 amide bonds. The van der Waals surface area contributed by atoms with E-state index < -0.39 is 0 Å². The van der Waals surface area contributed by atoms with Gasteiger partial charge in [-0.05, 0) is 63.8 Å². The van der Waals surface area contributed by atoms with E-state index in [1.165, 1.54) is 102 Å². The molecule has 0 spiro atoms. The molecule has 0 saturated carbocycles. The highest BCUT2D eigenvalue weighted by molar-refractivity contribution is 6.04. The topological polar surface area (TPSA) is 50.2 Å². The maximum absolute atomic E-state index is 12.7. The normalized spacial score (nSPS) is 11.5. The second-order valence-electron chi connectivity index (χ2n) is 12.1. The van der Waals surface area contributed by atoms with Gasteiger partial charge in [0.15, 0.2) is 0 Å². The number of anilines is 1. The molecule has 0 aliphatic heterocycles. The number of imidazole rings is 1. The van der Waals surface area contributed by atoms with Crippen LogP contribution >= 0.6 is 0 Å². The van der Waals surface area contributed by atoms with Crippen LogP contribution in [0.5, 0.6) is 0 Å². The number of carbonyl (C=O) groups is 1. The molecule has 0 atom stereocenters. The molecular weight excluding hydrogens is 504 g/mol. The first-order valence-corrected chi connectivity index (χ1v) is 16.6. The minimum atomic E-state index is -0.0895. The molecule has 5 heteroatoms. The Labute approximate surface area is 250 Å². The van der Waals surface area contributed by atoms with Gasteiger partial charge in [-0.25, -0.2) is 4.98 Å². The zero-order valence-electron chi connectivity index (χ0n) is 26.3. The number of carbonyl (C=O) groups excluding carboxylic acids is 1. The van der Waals surface area contributed by atoms with E-state index in [0.29, 0.717) is 5.56 Å². The van der Waals surface area contributed by atoms with Crippen molar-refractivity contribution in [2.75, 3.05) is 26.0 Å². The number of benzene rings is 2. The highest BCUT2D eigenvalue weighted by atomic mass is 16.1. The van der Waals surface area contributed by atoms with Crippen LogP contribution in [0.2, 0.25) is 0 Å². The van der Waals surface area contributed by atoms with Crippen molar-refractivity contribution in [2.24, 2.45) is 0 Å². The third-order valence-corrected chi connectivity index (χ3v) is 8.11. The fraction of sp³-hybridized carbons (Fsp3) is 0.611. The Balaban J connectivity index is 1.42. The Bertz CT molecular complexity index is 1120. The molecule has 3 aromatic rings. The van der Waals surface area contributed by atoms with Crippen molar-refractivity contribution in [1.29, 1.82) is 0 Å². The number of aromatic nitrogens is 2. The smallest absolute Gasteiger partial charge is 0.255 e. The minimum Gasteiger partial charge on any atom is -0.328 e. The second-order valence-corrected chi connectivity index (χ2v) is 12.1. The van der Waals surface area contributed by atoms with Crippen molar-refractivity contribution in [1.82, 2.24) is 14.5 Å². The maximum atomic E-state index is 12.7. The summed E-state index contributed by atoms with van der Waals surface area (Å²) in [4.78, 5) is 19.9. The van der Waals surface area contributed by atoms with Crippen LogP contribution in [0, 0.1) is 0 Å². The van der Waals surface area contributed by atoms with Gasteiger partial charge in [-0.2, -0.15) is 0 Å². The summed E-state index contributed by atoms with van der Waals surface area (Å²) < 4.78 is 2.41. The summed E-state index contributed by atoms with van der Waals surface area (Å²) in [6.45, 7) is 4.32. The lowest BCUT2D eigenvalue weighted by atomic mass is 10.0. The van der Waals surface area contributed by atoms with E-state index in [1.54, 1.807) is 0 Å². The van der Waals surface area contributed by atoms with Gasteiger partial charge in [-0.3, -0.25) is 4.79 Å². The molecule has 0 radical (unpaired) electrons. The number of nitrogens with zero attached hydrogens (tertiary/aromatic N) is 3. The molecule has 1 heterocycles. The second kappa shape index (κ2) is 19.5. The summed E-state index contributed by atoms with van der Waals surface area (Å²) in [7, 11) is 4.26. The summed E-state index contributed by atoms with van der Waals surface area (Å²) in [6, 6.07) is 15.5. The van der Waals surface area contributed by atoms with E-state index in [-0.39, 0.29) is 5.91 Å². The van der Waals surface area contributed by atoms with Crippen LogP contribution in [0.15, 0.2) is 48.5 Å². The predicted molar refractivity (Wildman–Crippen MR) is 176 cm³/mol. The molecular formula is C36H56N4O. The molecule has 0 unspecified atom stereocenters. The number of hydrogen-bond donors (Lipinski definition) is 1. The van der Waals surface area contributed by atoms with E-state index >= 15 is 0 Å². The number of fused-ring (bicyclic) bond motifs is 1. The summed E-state index contributed by atoms with van der Waals surface area (Å²) in [5.74, 6) is 1.09. The van der Waals surface area contributed by atoms with Crippen molar-refractivity contribution >= 4 is 22.6 Å². The zero-order valence-corrected chi connectivity index (χ0v) is 26.3. The Morgan fingerprint density at radius 3 is 1.93 bits per heavy atom. The lowest BCUT2D eigenvalue weighted by Crippen LogP contribution is -2.16. The quantitative estimate of drug-likeness (QED) is 0.124. The minimum absolute atomic E-state index is 0.0895. The van der Waals surface area contributed by atoms with Gasteiger partial charge >= 0.3 is 0 Å². The van der Waals surface area contributed by atoms with Crippen LogP contribution in [0.1, 0.15) is 126 Å². The van der Waals surface area contributed by atoms with Gasteiger partial charge in [0.05, 0.1) is 11.0 Å². The Morgan fingerprint density at radius 2 is 1.34 bits per heavy atom. The molecule has 5 nitrogen and oxygen atoms in total. The van der Waals surface area contributed by atoms with Crippen LogP contribution in [-0.2, 0) is 13.0 Å². The van der Waals surface area contributed by atoms with Crippen molar-refractivity contribution < 1.29 is 4.79 Å². The standard InChI is InChI=1S/C36H56N4O/c1-4-5-6-7-8-9-10-11-12-13-14-15-16-17-21-25-35-38-33-30-32(37-36(41)31-23-19-18-20-24-31)26-27-34(33)40(35)29-22-28-39(2)3/h18-20,23-24,26-27,30H,4-17,21-22,25,28-29H2,1-3H3,(H,37,41). The van der Waals surface area contributed by atoms with Crippen LogP contribution in [0.25, 0.3) is 11.0 Å². The Morgan fingerprint density at radius 1 is 0.756 bits per heavy atom. The maximum Gasteiger partial charge on any atom is 0.255 e. The molecule has 1 aromatic heterocycles. The van der Waals surface area contributed by atoms with Crippen LogP contribution < -0.4 is 5.32 Å². The van der Waals surface area contributed by atoms with Crippen molar-refractivity contribution in [3.63, 3.8) is 0 Å². The molecule has 0 saturated heterocycles. The molecule has 0 bridgehead atoms. The van der Waals surface area contributed by atoms with Gasteiger partial charge in [0, 0.05) is 24.2 Å². The van der Waals surface area contributed by atoms with E-state index in [4.69, 9.17) is 4.98 Å². The molecule has 0 aliphatic carbocycles. The molecule has 1 N–H and O–H groups in total. The number of rotatable bonds is 22. The van der Waals surface area contributed by atoms with E-state index in [9.17, 15) is 4.79 Å². The van der Waals surface area contributed by atoms with Crippen molar-refractivity contribution in [3.8, 4) is 0 Å². The third-order valence-electron chi connectivity index (χ3n) is 8.11. The lowest BCUT2D eigenvalue weighted by molar-refractivity contribution is 0.102. The SMILES string of the molecule is CCCCCCCCCCCCCCCCCc1nc2cc(NC(=O)c3ccccc3)ccc2n1CCCN(C)C. The lowest BCUT2D eigenvalue weighted by Gasteiger charge is -2.13. The highest BCUT2D eigenvalue weighted by Crippen LogP contribution is 2.23. The first kappa shape index (κ1) is 32.8. The number of hydrogen-bond acceptors (Lipinski definition) is 3. The predicted octanol–water partition coefficient (Wildman–Crippen LogP) is 9.65. The summed E-state index contributed by atoms with van der Waals surface area (Å²) in [5, 5.41) is 3.04. The zero-order chi connectivity index (χ0) is 29.1. The molecule has 0 fully saturated rings. The summed E-state index contributed by atoms with van der Waals surface area (Å²) in [5.41, 5.74) is 3.59. The van der Waals surface area contributed by atoms with Crippen molar-refractivity contribution in [2.45, 2.75) is 123 Å². The van der Waals surface area contributed by atoms with E-state index in [1.807, 2.05) is 42.5 Å². The number of amides is 1. The average Bonchev–Trinajstić information content (AvgIpc) is 3.31. The van der Waals surface area contributed by atoms with Crippen LogP contribution in [0.4, 0.5) is 5.69 Å². The highest BCUT2D eigenvalue weighted by Gasteiger charge is 2.13. The van der Waals surface area contributed by atoms with Crippen LogP contribution in [0.3, 0.4) is 0 Å². The average molecular weight is 561 g/mol. The Kier molecular flexibility index (Phi) is 15.6. The molecule has 226 valence electrons. The van der Waals surface area contributed by atoms with Gasteiger partial charge in [0.25, 0.3) is 5.91 Å². The van der Waals surface area contributed by atoms with Gasteiger partial charge in [0.2, 0.25) is 0 Å². The number of aryl methyl sites for hydroxylation is 2. The van der Waals surface area contributed by atoms with Gasteiger partial charge in [-0.15, -0.1) is 0 Å². The summed E-state index contributed by atoms with van der Waals surface area (Å²) >= 11 is 0. The monoisotopic (exact) mass is 560 g/mol. The number of nitrogens with one attached hydrogen (secondary N) is 1. The van der Waals surface area contributed by atoms with Gasteiger partial charge in [-0.1, -0.05) is 115 Å². The largest absolute Gasteiger partial charge is 0.328 e. The molecule has 41 heavy (non-hydrogen) atoms. The van der Waals surface area contributed by atoms with E-state index in [0.717, 1.165) is 42.7 Å². The molecule has 0 aliphatic rings. The molecule has 2 aromatic carbocycles. The fourth-order valence-electron chi connectivity index (χ4n) is 5.69. The summed E-state index contributed by atoms with van der Waals surface area (Å²) in [6.07, 6.45) is 22.8.